The summed E-state index contributed by atoms with van der Waals surface area (Å²) in [6.07, 6.45) is -1.03. The number of halogens is 1. The fourth-order valence-electron chi connectivity index (χ4n) is 1.67. The zero-order valence-electron chi connectivity index (χ0n) is 9.61. The number of aliphatic hydroxyl groups excluding tert-OH is 1. The molecule has 90 valence electrons. The molecule has 0 aliphatic rings. The van der Waals surface area contributed by atoms with Crippen LogP contribution in [-0.4, -0.2) is 12.2 Å². The molecule has 3 nitrogen and oxygen atoms in total. The van der Waals surface area contributed by atoms with Gasteiger partial charge < -0.3 is 14.3 Å². The highest BCUT2D eigenvalue weighted by atomic mass is 19.1. The largest absolute Gasteiger partial charge is 0.496 e. The molecule has 2 rings (SSSR count). The Balaban J connectivity index is 2.42. The first kappa shape index (κ1) is 11.7. The lowest BCUT2D eigenvalue weighted by Gasteiger charge is -2.12. The average Bonchev–Trinajstić information content (AvgIpc) is 2.75. The van der Waals surface area contributed by atoms with E-state index in [0.717, 1.165) is 0 Å². The van der Waals surface area contributed by atoms with Gasteiger partial charge in [-0.1, -0.05) is 0 Å². The van der Waals surface area contributed by atoms with Crippen molar-refractivity contribution in [1.82, 2.24) is 0 Å². The van der Waals surface area contributed by atoms with E-state index >= 15 is 0 Å². The minimum Gasteiger partial charge on any atom is -0.496 e. The van der Waals surface area contributed by atoms with Crippen molar-refractivity contribution in [3.63, 3.8) is 0 Å². The molecule has 0 aliphatic heterocycles. The molecule has 0 bridgehead atoms. The zero-order valence-corrected chi connectivity index (χ0v) is 9.61. The molecule has 0 radical (unpaired) electrons. The second kappa shape index (κ2) is 4.59. The Kier molecular flexibility index (Phi) is 3.15. The molecule has 0 fully saturated rings. The standard InChI is InChI=1S/C13H13FO3/c1-8-3-5-12(17-8)13(15)10-7-9(14)4-6-11(10)16-2/h3-7,13,15H,1-2H3. The molecule has 1 heterocycles. The predicted octanol–water partition coefficient (Wildman–Crippen LogP) is 2.82. The monoisotopic (exact) mass is 236 g/mol. The van der Waals surface area contributed by atoms with Crippen LogP contribution < -0.4 is 4.74 Å². The average molecular weight is 236 g/mol. The molecule has 0 saturated heterocycles. The first-order valence-electron chi connectivity index (χ1n) is 5.19. The topological polar surface area (TPSA) is 42.6 Å². The first-order valence-corrected chi connectivity index (χ1v) is 5.19. The van der Waals surface area contributed by atoms with Crippen LogP contribution in [0.15, 0.2) is 34.7 Å². The molecule has 1 unspecified atom stereocenters. The van der Waals surface area contributed by atoms with Crippen molar-refractivity contribution in [3.05, 3.63) is 53.2 Å². The summed E-state index contributed by atoms with van der Waals surface area (Å²) >= 11 is 0. The molecule has 1 N–H and O–H groups in total. The smallest absolute Gasteiger partial charge is 0.140 e. The lowest BCUT2D eigenvalue weighted by Crippen LogP contribution is -2.02. The Hall–Kier alpha value is -1.81. The van der Waals surface area contributed by atoms with E-state index in [-0.39, 0.29) is 0 Å². The summed E-state index contributed by atoms with van der Waals surface area (Å²) in [5.41, 5.74) is 0.349. The van der Waals surface area contributed by atoms with Crippen LogP contribution in [0.2, 0.25) is 0 Å². The summed E-state index contributed by atoms with van der Waals surface area (Å²) in [5, 5.41) is 10.1. The number of aliphatic hydroxyl groups is 1. The molecular formula is C13H13FO3. The number of aryl methyl sites for hydroxylation is 1. The maximum atomic E-state index is 13.2. The van der Waals surface area contributed by atoms with Crippen molar-refractivity contribution in [2.24, 2.45) is 0 Å². The van der Waals surface area contributed by atoms with E-state index in [1.165, 1.54) is 25.3 Å². The second-order valence-electron chi connectivity index (χ2n) is 3.74. The molecule has 0 saturated carbocycles. The Morgan fingerprint density at radius 3 is 2.65 bits per heavy atom. The van der Waals surface area contributed by atoms with Crippen LogP contribution in [0.5, 0.6) is 5.75 Å². The van der Waals surface area contributed by atoms with Gasteiger partial charge in [-0.05, 0) is 37.3 Å². The normalized spacial score (nSPS) is 12.5. The van der Waals surface area contributed by atoms with Crippen LogP contribution in [0.25, 0.3) is 0 Å². The van der Waals surface area contributed by atoms with Gasteiger partial charge in [-0.3, -0.25) is 0 Å². The number of ether oxygens (including phenoxy) is 1. The maximum absolute atomic E-state index is 13.2. The molecule has 2 aromatic rings. The Bertz CT molecular complexity index is 519. The van der Waals surface area contributed by atoms with Gasteiger partial charge in [0.1, 0.15) is 29.2 Å². The van der Waals surface area contributed by atoms with Crippen LogP contribution in [0.4, 0.5) is 4.39 Å². The molecule has 0 aliphatic carbocycles. The van der Waals surface area contributed by atoms with Crippen molar-refractivity contribution >= 4 is 0 Å². The lowest BCUT2D eigenvalue weighted by atomic mass is 10.1. The minimum absolute atomic E-state index is 0.349. The highest BCUT2D eigenvalue weighted by molar-refractivity contribution is 5.38. The van der Waals surface area contributed by atoms with E-state index in [0.29, 0.717) is 22.8 Å². The fourth-order valence-corrected chi connectivity index (χ4v) is 1.67. The fraction of sp³-hybridized carbons (Fsp3) is 0.231. The molecule has 17 heavy (non-hydrogen) atoms. The van der Waals surface area contributed by atoms with Crippen molar-refractivity contribution in [2.75, 3.05) is 7.11 Å². The Morgan fingerprint density at radius 1 is 1.29 bits per heavy atom. The summed E-state index contributed by atoms with van der Waals surface area (Å²) in [4.78, 5) is 0. The van der Waals surface area contributed by atoms with E-state index in [4.69, 9.17) is 9.15 Å². The molecule has 1 aromatic carbocycles. The van der Waals surface area contributed by atoms with Crippen LogP contribution in [0, 0.1) is 12.7 Å². The number of benzene rings is 1. The van der Waals surface area contributed by atoms with Crippen molar-refractivity contribution < 1.29 is 18.7 Å². The van der Waals surface area contributed by atoms with E-state index in [9.17, 15) is 9.50 Å². The predicted molar refractivity (Wildman–Crippen MR) is 60.5 cm³/mol. The summed E-state index contributed by atoms with van der Waals surface area (Å²) < 4.78 is 23.6. The van der Waals surface area contributed by atoms with E-state index in [1.54, 1.807) is 19.1 Å². The summed E-state index contributed by atoms with van der Waals surface area (Å²) in [7, 11) is 1.47. The third-order valence-electron chi connectivity index (χ3n) is 2.52. The van der Waals surface area contributed by atoms with Gasteiger partial charge in [-0.15, -0.1) is 0 Å². The van der Waals surface area contributed by atoms with Gasteiger partial charge in [-0.25, -0.2) is 4.39 Å². The lowest BCUT2D eigenvalue weighted by molar-refractivity contribution is 0.183. The van der Waals surface area contributed by atoms with Gasteiger partial charge in [0, 0.05) is 5.56 Å². The van der Waals surface area contributed by atoms with Crippen LogP contribution >= 0.6 is 0 Å². The Morgan fingerprint density at radius 2 is 2.06 bits per heavy atom. The first-order chi connectivity index (χ1) is 8.11. The van der Waals surface area contributed by atoms with Crippen molar-refractivity contribution in [2.45, 2.75) is 13.0 Å². The van der Waals surface area contributed by atoms with Gasteiger partial charge in [0.25, 0.3) is 0 Å². The molecule has 1 aromatic heterocycles. The highest BCUT2D eigenvalue weighted by Crippen LogP contribution is 2.31. The summed E-state index contributed by atoms with van der Waals surface area (Å²) in [6.45, 7) is 1.78. The van der Waals surface area contributed by atoms with E-state index in [2.05, 4.69) is 0 Å². The summed E-state index contributed by atoms with van der Waals surface area (Å²) in [5.74, 6) is 1.05. The zero-order chi connectivity index (χ0) is 12.4. The van der Waals surface area contributed by atoms with Crippen molar-refractivity contribution in [3.8, 4) is 5.75 Å². The SMILES string of the molecule is COc1ccc(F)cc1C(O)c1ccc(C)o1. The highest BCUT2D eigenvalue weighted by Gasteiger charge is 2.19. The quantitative estimate of drug-likeness (QED) is 0.891. The molecule has 0 amide bonds. The van der Waals surface area contributed by atoms with Crippen LogP contribution in [0.1, 0.15) is 23.2 Å². The Labute approximate surface area is 98.5 Å². The number of furan rings is 1. The van der Waals surface area contributed by atoms with Crippen molar-refractivity contribution in [1.29, 1.82) is 0 Å². The van der Waals surface area contributed by atoms with Crippen LogP contribution in [0.3, 0.4) is 0 Å². The van der Waals surface area contributed by atoms with Gasteiger partial charge in [0.05, 0.1) is 7.11 Å². The molecule has 1 atom stereocenters. The third kappa shape index (κ3) is 2.31. The van der Waals surface area contributed by atoms with Gasteiger partial charge in [0.15, 0.2) is 0 Å². The van der Waals surface area contributed by atoms with E-state index < -0.39 is 11.9 Å². The number of hydrogen-bond acceptors (Lipinski definition) is 3. The number of hydrogen-bond donors (Lipinski definition) is 1. The summed E-state index contributed by atoms with van der Waals surface area (Å²) in [6, 6.07) is 7.39. The number of rotatable bonds is 3. The third-order valence-corrected chi connectivity index (χ3v) is 2.52. The molecular weight excluding hydrogens is 223 g/mol. The van der Waals surface area contributed by atoms with Gasteiger partial charge in [-0.2, -0.15) is 0 Å². The van der Waals surface area contributed by atoms with Crippen LogP contribution in [-0.2, 0) is 0 Å². The van der Waals surface area contributed by atoms with E-state index in [1.807, 2.05) is 0 Å². The number of methoxy groups -OCH3 is 1. The second-order valence-corrected chi connectivity index (χ2v) is 3.74. The van der Waals surface area contributed by atoms with Gasteiger partial charge >= 0.3 is 0 Å². The maximum Gasteiger partial charge on any atom is 0.140 e. The molecule has 0 spiro atoms. The minimum atomic E-state index is -1.03. The van der Waals surface area contributed by atoms with Gasteiger partial charge in [0.2, 0.25) is 0 Å². The molecule has 4 heteroatoms.